The number of anilines is 1. The first kappa shape index (κ1) is 21.5. The Labute approximate surface area is 187 Å². The molecule has 4 aromatic rings. The number of carbonyl (C=O) groups excluding carboxylic acids is 1. The highest BCUT2D eigenvalue weighted by Crippen LogP contribution is 2.23. The number of fused-ring (bicyclic) bond motifs is 1. The second-order valence-corrected chi connectivity index (χ2v) is 7.74. The van der Waals surface area contributed by atoms with Crippen LogP contribution in [0, 0.1) is 13.8 Å². The van der Waals surface area contributed by atoms with Crippen molar-refractivity contribution in [2.45, 2.75) is 40.0 Å². The first-order chi connectivity index (χ1) is 15.5. The van der Waals surface area contributed by atoms with Crippen molar-refractivity contribution in [3.63, 3.8) is 0 Å². The Morgan fingerprint density at radius 3 is 2.59 bits per heavy atom. The van der Waals surface area contributed by atoms with Crippen LogP contribution in [-0.2, 0) is 17.6 Å². The van der Waals surface area contributed by atoms with Crippen LogP contribution in [0.2, 0.25) is 0 Å². The van der Waals surface area contributed by atoms with E-state index in [4.69, 9.17) is 4.74 Å². The van der Waals surface area contributed by atoms with Gasteiger partial charge in [-0.25, -0.2) is 9.50 Å². The summed E-state index contributed by atoms with van der Waals surface area (Å²) >= 11 is 0. The molecule has 0 aliphatic rings. The van der Waals surface area contributed by atoms with Crippen molar-refractivity contribution in [1.29, 1.82) is 0 Å². The maximum Gasteiger partial charge on any atom is 0.253 e. The van der Waals surface area contributed by atoms with Crippen LogP contribution in [0.3, 0.4) is 0 Å². The lowest BCUT2D eigenvalue weighted by molar-refractivity contribution is -0.116. The average Bonchev–Trinajstić information content (AvgIpc) is 3.23. The van der Waals surface area contributed by atoms with Gasteiger partial charge in [-0.2, -0.15) is 4.98 Å². The second kappa shape index (κ2) is 9.18. The molecular formula is C25H27N5O2. The fourth-order valence-electron chi connectivity index (χ4n) is 3.74. The number of nitrogens with one attached hydrogen (secondary N) is 1. The predicted molar refractivity (Wildman–Crippen MR) is 125 cm³/mol. The highest BCUT2D eigenvalue weighted by Gasteiger charge is 2.16. The minimum absolute atomic E-state index is 0.0243. The molecule has 7 nitrogen and oxygen atoms in total. The molecule has 0 spiro atoms. The molecule has 0 aliphatic heterocycles. The topological polar surface area (TPSA) is 81.4 Å². The zero-order valence-corrected chi connectivity index (χ0v) is 18.8. The predicted octanol–water partition coefficient (Wildman–Crippen LogP) is 4.55. The van der Waals surface area contributed by atoms with E-state index in [0.29, 0.717) is 24.4 Å². The number of nitrogens with zero attached hydrogens (tertiary/aromatic N) is 4. The number of carbonyl (C=O) groups is 1. The molecule has 1 amide bonds. The van der Waals surface area contributed by atoms with Gasteiger partial charge in [-0.1, -0.05) is 31.2 Å². The van der Waals surface area contributed by atoms with Crippen molar-refractivity contribution in [1.82, 2.24) is 19.6 Å². The Hall–Kier alpha value is -3.74. The van der Waals surface area contributed by atoms with E-state index in [0.717, 1.165) is 40.4 Å². The summed E-state index contributed by atoms with van der Waals surface area (Å²) in [5, 5.41) is 7.63. The molecule has 4 rings (SSSR count). The van der Waals surface area contributed by atoms with E-state index in [1.807, 2.05) is 62.4 Å². The van der Waals surface area contributed by atoms with E-state index in [1.54, 1.807) is 11.6 Å². The summed E-state index contributed by atoms with van der Waals surface area (Å²) in [6, 6.07) is 15.6. The Morgan fingerprint density at radius 2 is 1.88 bits per heavy atom. The highest BCUT2D eigenvalue weighted by molar-refractivity contribution is 5.90. The minimum atomic E-state index is -0.0243. The molecule has 32 heavy (non-hydrogen) atoms. The van der Waals surface area contributed by atoms with Crippen molar-refractivity contribution < 1.29 is 9.53 Å². The number of aromatic nitrogens is 4. The SMILES string of the molecule is CCc1ccc(NC(=O)CCc2c(C)nc3nc(-c4cccc(OC)c4)nn3c2C)cc1. The molecule has 2 heterocycles. The standard InChI is InChI=1S/C25H27N5O2/c1-5-18-9-11-20(12-10-18)27-23(31)14-13-22-16(2)26-25-28-24(29-30(25)17(22)3)19-7-6-8-21(15-19)32-4/h6-12,15H,5,13-14H2,1-4H3,(H,27,31). The number of rotatable bonds is 7. The number of aryl methyl sites for hydroxylation is 3. The van der Waals surface area contributed by atoms with E-state index in [1.165, 1.54) is 5.56 Å². The van der Waals surface area contributed by atoms with Crippen molar-refractivity contribution in [3.05, 3.63) is 71.0 Å². The zero-order valence-electron chi connectivity index (χ0n) is 18.8. The molecule has 164 valence electrons. The van der Waals surface area contributed by atoms with E-state index >= 15 is 0 Å². The number of amides is 1. The van der Waals surface area contributed by atoms with Crippen LogP contribution in [0.1, 0.15) is 35.9 Å². The maximum atomic E-state index is 12.5. The van der Waals surface area contributed by atoms with Gasteiger partial charge in [0.15, 0.2) is 5.82 Å². The molecule has 2 aromatic heterocycles. The van der Waals surface area contributed by atoms with Crippen LogP contribution in [-0.4, -0.2) is 32.6 Å². The van der Waals surface area contributed by atoms with E-state index < -0.39 is 0 Å². The third-order valence-corrected chi connectivity index (χ3v) is 5.62. The largest absolute Gasteiger partial charge is 0.497 e. The first-order valence-corrected chi connectivity index (χ1v) is 10.7. The lowest BCUT2D eigenvalue weighted by atomic mass is 10.1. The normalized spacial score (nSPS) is 11.0. The Kier molecular flexibility index (Phi) is 6.16. The van der Waals surface area contributed by atoms with E-state index in [-0.39, 0.29) is 5.91 Å². The van der Waals surface area contributed by atoms with Gasteiger partial charge < -0.3 is 10.1 Å². The van der Waals surface area contributed by atoms with Crippen LogP contribution in [0.4, 0.5) is 5.69 Å². The molecule has 0 unspecified atom stereocenters. The molecule has 0 atom stereocenters. The summed E-state index contributed by atoms with van der Waals surface area (Å²) in [6.07, 6.45) is 1.92. The van der Waals surface area contributed by atoms with Gasteiger partial charge in [0, 0.05) is 29.1 Å². The molecule has 0 saturated heterocycles. The lowest BCUT2D eigenvalue weighted by Crippen LogP contribution is -2.14. The van der Waals surface area contributed by atoms with Gasteiger partial charge in [-0.05, 0) is 62.1 Å². The zero-order chi connectivity index (χ0) is 22.7. The molecule has 1 N–H and O–H groups in total. The summed E-state index contributed by atoms with van der Waals surface area (Å²) < 4.78 is 7.05. The molecular weight excluding hydrogens is 402 g/mol. The number of methoxy groups -OCH3 is 1. The van der Waals surface area contributed by atoms with Gasteiger partial charge >= 0.3 is 0 Å². The van der Waals surface area contributed by atoms with E-state index in [9.17, 15) is 4.79 Å². The number of hydrogen-bond acceptors (Lipinski definition) is 5. The monoisotopic (exact) mass is 429 g/mol. The summed E-state index contributed by atoms with van der Waals surface area (Å²) in [7, 11) is 1.63. The third kappa shape index (κ3) is 4.46. The number of hydrogen-bond donors (Lipinski definition) is 1. The number of ether oxygens (including phenoxy) is 1. The highest BCUT2D eigenvalue weighted by atomic mass is 16.5. The molecule has 0 bridgehead atoms. The van der Waals surface area contributed by atoms with Crippen molar-refractivity contribution in [2.24, 2.45) is 0 Å². The van der Waals surface area contributed by atoms with Crippen LogP contribution in [0.25, 0.3) is 17.2 Å². The van der Waals surface area contributed by atoms with Crippen LogP contribution in [0.15, 0.2) is 48.5 Å². The maximum absolute atomic E-state index is 12.5. The summed E-state index contributed by atoms with van der Waals surface area (Å²) in [5.74, 6) is 1.86. The minimum Gasteiger partial charge on any atom is -0.497 e. The third-order valence-electron chi connectivity index (χ3n) is 5.62. The van der Waals surface area contributed by atoms with Gasteiger partial charge in [0.05, 0.1) is 7.11 Å². The van der Waals surface area contributed by atoms with Gasteiger partial charge in [0.2, 0.25) is 5.91 Å². The second-order valence-electron chi connectivity index (χ2n) is 7.74. The van der Waals surface area contributed by atoms with Gasteiger partial charge in [-0.15, -0.1) is 5.10 Å². The van der Waals surface area contributed by atoms with Crippen molar-refractivity contribution in [2.75, 3.05) is 12.4 Å². The number of benzene rings is 2. The van der Waals surface area contributed by atoms with Crippen molar-refractivity contribution in [3.8, 4) is 17.1 Å². The Morgan fingerprint density at radius 1 is 1.09 bits per heavy atom. The fraction of sp³-hybridized carbons (Fsp3) is 0.280. The molecule has 0 aliphatic carbocycles. The summed E-state index contributed by atoms with van der Waals surface area (Å²) in [6.45, 7) is 6.05. The van der Waals surface area contributed by atoms with Gasteiger partial charge in [0.25, 0.3) is 5.78 Å². The lowest BCUT2D eigenvalue weighted by Gasteiger charge is -2.11. The summed E-state index contributed by atoms with van der Waals surface area (Å²) in [5.41, 5.74) is 5.73. The average molecular weight is 430 g/mol. The smallest absolute Gasteiger partial charge is 0.253 e. The molecule has 7 heteroatoms. The van der Waals surface area contributed by atoms with Crippen molar-refractivity contribution >= 4 is 17.4 Å². The quantitative estimate of drug-likeness (QED) is 0.466. The Bertz CT molecular complexity index is 1260. The summed E-state index contributed by atoms with van der Waals surface area (Å²) in [4.78, 5) is 21.7. The fourth-order valence-corrected chi connectivity index (χ4v) is 3.74. The molecule has 0 fully saturated rings. The van der Waals surface area contributed by atoms with Gasteiger partial charge in [0.1, 0.15) is 5.75 Å². The van der Waals surface area contributed by atoms with Crippen LogP contribution in [0.5, 0.6) is 5.75 Å². The molecule has 0 radical (unpaired) electrons. The van der Waals surface area contributed by atoms with Gasteiger partial charge in [-0.3, -0.25) is 4.79 Å². The van der Waals surface area contributed by atoms with E-state index in [2.05, 4.69) is 27.3 Å². The van der Waals surface area contributed by atoms with Crippen LogP contribution >= 0.6 is 0 Å². The Balaban J connectivity index is 1.52. The van der Waals surface area contributed by atoms with Crippen LogP contribution < -0.4 is 10.1 Å². The first-order valence-electron chi connectivity index (χ1n) is 10.7. The molecule has 2 aromatic carbocycles. The molecule has 0 saturated carbocycles.